The summed E-state index contributed by atoms with van der Waals surface area (Å²) in [4.78, 5) is 13.2. The predicted molar refractivity (Wildman–Crippen MR) is 138 cm³/mol. The average Bonchev–Trinajstić information content (AvgIpc) is 3.25. The number of alkyl halides is 1. The molecule has 0 unspecified atom stereocenters. The number of rotatable bonds is 2. The van der Waals surface area contributed by atoms with Crippen molar-refractivity contribution in [1.29, 1.82) is 0 Å². The quantitative estimate of drug-likeness (QED) is 0.131. The van der Waals surface area contributed by atoms with Crippen molar-refractivity contribution in [2.24, 2.45) is 0 Å². The SMILES string of the molecule is c1ccc([N+]2(I3COc4cc5ccccc5cc4O3)Oc3cc4ccccc4cc3O2)cc1. The first-order valence-electron chi connectivity index (χ1n) is 10.7. The van der Waals surface area contributed by atoms with E-state index in [2.05, 4.69) is 24.3 Å². The molecule has 2 aliphatic heterocycles. The summed E-state index contributed by atoms with van der Waals surface area (Å²) in [7, 11) is 0. The summed E-state index contributed by atoms with van der Waals surface area (Å²) in [5.74, 6) is 2.92. The molecule has 0 fully saturated rings. The van der Waals surface area contributed by atoms with Crippen molar-refractivity contribution in [2.45, 2.75) is 0 Å². The van der Waals surface area contributed by atoms with Crippen LogP contribution >= 0.6 is 20.5 Å². The molecule has 0 saturated heterocycles. The standard InChI is InChI=1S/C27H19INO4/c1-2-12-23(13-3-1)29(32-26-16-21-10-6-7-11-22(21)17-27(26)33-29)28-18-30-24-14-19-8-4-5-9-20(19)15-25(24)31-28/h1-17H,18H2/q+1. The van der Waals surface area contributed by atoms with E-state index < -0.39 is 20.5 Å². The molecule has 0 aliphatic carbocycles. The van der Waals surface area contributed by atoms with Gasteiger partial charge in [0.2, 0.25) is 0 Å². The van der Waals surface area contributed by atoms with E-state index >= 15 is 0 Å². The molecule has 5 nitrogen and oxygen atoms in total. The number of fused-ring (bicyclic) bond motifs is 4. The Morgan fingerprint density at radius 2 is 1.03 bits per heavy atom. The van der Waals surface area contributed by atoms with Gasteiger partial charge in [-0.2, -0.15) is 0 Å². The van der Waals surface area contributed by atoms with Gasteiger partial charge in [0, 0.05) is 0 Å². The summed E-state index contributed by atoms with van der Waals surface area (Å²) in [5, 5.41) is 4.45. The third-order valence-electron chi connectivity index (χ3n) is 5.84. The predicted octanol–water partition coefficient (Wildman–Crippen LogP) is 7.37. The topological polar surface area (TPSA) is 36.9 Å². The maximum absolute atomic E-state index is 6.66. The van der Waals surface area contributed by atoms with E-state index in [9.17, 15) is 0 Å². The minimum absolute atomic E-state index is 0.136. The van der Waals surface area contributed by atoms with Crippen LogP contribution in [-0.2, 0) is 0 Å². The molecular weight excluding hydrogens is 529 g/mol. The zero-order valence-corrected chi connectivity index (χ0v) is 19.6. The third kappa shape index (κ3) is 3.02. The Morgan fingerprint density at radius 3 is 1.61 bits per heavy atom. The van der Waals surface area contributed by atoms with Gasteiger partial charge in [-0.15, -0.1) is 0 Å². The Kier molecular flexibility index (Phi) is 4.19. The van der Waals surface area contributed by atoms with E-state index in [1.165, 1.54) is 0 Å². The zero-order valence-electron chi connectivity index (χ0n) is 17.5. The molecule has 0 spiro atoms. The second kappa shape index (κ2) is 7.26. The van der Waals surface area contributed by atoms with Crippen molar-refractivity contribution in [3.8, 4) is 23.0 Å². The van der Waals surface area contributed by atoms with Crippen LogP contribution in [0.25, 0.3) is 21.5 Å². The van der Waals surface area contributed by atoms with E-state index in [0.29, 0.717) is 16.1 Å². The molecule has 2 heterocycles. The second-order valence-electron chi connectivity index (χ2n) is 7.92. The normalized spacial score (nSPS) is 16.8. The summed E-state index contributed by atoms with van der Waals surface area (Å²) in [6.07, 6.45) is 0. The molecule has 5 aromatic rings. The second-order valence-corrected chi connectivity index (χ2v) is 12.0. The molecular formula is C27H19INO4+. The van der Waals surface area contributed by atoms with Gasteiger partial charge < -0.3 is 0 Å². The number of halogens is 1. The van der Waals surface area contributed by atoms with Crippen molar-refractivity contribution in [3.63, 3.8) is 0 Å². The zero-order chi connectivity index (χ0) is 21.8. The first kappa shape index (κ1) is 19.0. The van der Waals surface area contributed by atoms with Gasteiger partial charge in [-0.05, 0) is 0 Å². The Morgan fingerprint density at radius 1 is 0.545 bits per heavy atom. The molecule has 33 heavy (non-hydrogen) atoms. The Hall–Kier alpha value is -3.49. The molecule has 0 N–H and O–H groups in total. The van der Waals surface area contributed by atoms with Crippen LogP contribution < -0.4 is 20.5 Å². The van der Waals surface area contributed by atoms with Crippen LogP contribution in [0, 0.1) is 0 Å². The number of benzene rings is 5. The molecule has 2 aliphatic rings. The van der Waals surface area contributed by atoms with Crippen LogP contribution in [0.1, 0.15) is 0 Å². The number of ether oxygens (including phenoxy) is 1. The Balaban J connectivity index is 1.34. The van der Waals surface area contributed by atoms with Gasteiger partial charge in [0.25, 0.3) is 0 Å². The molecule has 5 aromatic carbocycles. The molecule has 0 atom stereocenters. The van der Waals surface area contributed by atoms with E-state index in [4.69, 9.17) is 17.5 Å². The monoisotopic (exact) mass is 548 g/mol. The molecule has 0 radical (unpaired) electrons. The van der Waals surface area contributed by atoms with Crippen molar-refractivity contribution in [2.75, 3.05) is 4.61 Å². The van der Waals surface area contributed by atoms with E-state index in [1.807, 2.05) is 78.9 Å². The van der Waals surface area contributed by atoms with Crippen molar-refractivity contribution < 1.29 is 17.5 Å². The van der Waals surface area contributed by atoms with Gasteiger partial charge in [0.05, 0.1) is 0 Å². The maximum atomic E-state index is 6.66. The Bertz CT molecular complexity index is 1480. The van der Waals surface area contributed by atoms with Gasteiger partial charge in [-0.3, -0.25) is 0 Å². The van der Waals surface area contributed by atoms with Crippen molar-refractivity contribution >= 4 is 47.7 Å². The van der Waals surface area contributed by atoms with Gasteiger partial charge in [-0.25, -0.2) is 0 Å². The Labute approximate surface area is 198 Å². The van der Waals surface area contributed by atoms with Crippen LogP contribution in [0.5, 0.6) is 23.0 Å². The van der Waals surface area contributed by atoms with Crippen LogP contribution in [0.15, 0.2) is 103 Å². The molecule has 0 saturated carbocycles. The number of nitrogens with zero attached hydrogens (tertiary/aromatic N) is 1. The van der Waals surface area contributed by atoms with Gasteiger partial charge in [-0.1, -0.05) is 0 Å². The molecule has 0 aromatic heterocycles. The van der Waals surface area contributed by atoms with Crippen LogP contribution in [0.3, 0.4) is 0 Å². The van der Waals surface area contributed by atoms with Crippen LogP contribution in [-0.4, -0.2) is 4.61 Å². The van der Waals surface area contributed by atoms with E-state index in [1.54, 1.807) is 0 Å². The summed E-state index contributed by atoms with van der Waals surface area (Å²) in [6, 6.07) is 34.6. The van der Waals surface area contributed by atoms with E-state index in [0.717, 1.165) is 38.7 Å². The average molecular weight is 548 g/mol. The number of quaternary nitrogens is 1. The molecule has 0 amide bonds. The minimum atomic E-state index is -2.57. The van der Waals surface area contributed by atoms with Gasteiger partial charge >= 0.3 is 199 Å². The fraction of sp³-hybridized carbons (Fsp3) is 0.0370. The van der Waals surface area contributed by atoms with Crippen molar-refractivity contribution in [3.05, 3.63) is 103 Å². The molecule has 7 rings (SSSR count). The molecule has 6 heteroatoms. The van der Waals surface area contributed by atoms with Crippen LogP contribution in [0.4, 0.5) is 5.69 Å². The summed E-state index contributed by atoms with van der Waals surface area (Å²) >= 11 is -2.57. The molecule has 0 bridgehead atoms. The number of hydrogen-bond acceptors (Lipinski definition) is 4. The number of hydrogen-bond donors (Lipinski definition) is 0. The first-order valence-corrected chi connectivity index (χ1v) is 14.0. The van der Waals surface area contributed by atoms with Crippen LogP contribution in [0.2, 0.25) is 0 Å². The van der Waals surface area contributed by atoms with E-state index in [-0.39, 0.29) is 3.02 Å². The summed E-state index contributed by atoms with van der Waals surface area (Å²) in [5.41, 5.74) is 0.885. The fourth-order valence-corrected chi connectivity index (χ4v) is 8.27. The fourth-order valence-electron chi connectivity index (χ4n) is 4.22. The summed E-state index contributed by atoms with van der Waals surface area (Å²) < 4.78 is 13.2. The van der Waals surface area contributed by atoms with Gasteiger partial charge in [0.15, 0.2) is 0 Å². The van der Waals surface area contributed by atoms with Gasteiger partial charge in [0.1, 0.15) is 0 Å². The molecule has 162 valence electrons. The van der Waals surface area contributed by atoms with Crippen molar-refractivity contribution in [1.82, 2.24) is 3.02 Å². The third-order valence-corrected chi connectivity index (χ3v) is 10.0. The summed E-state index contributed by atoms with van der Waals surface area (Å²) in [6.45, 7) is 0. The first-order chi connectivity index (χ1) is 16.3.